The Balaban J connectivity index is 1.17. The fourth-order valence-corrected chi connectivity index (χ4v) is 5.16. The van der Waals surface area contributed by atoms with E-state index in [4.69, 9.17) is 16.3 Å². The third kappa shape index (κ3) is 4.46. The third-order valence-electron chi connectivity index (χ3n) is 5.75. The number of hydrogen-bond acceptors (Lipinski definition) is 8. The molecule has 0 saturated carbocycles. The SMILES string of the molecule is COc1ccc(NC(=O)CSC2=NNC3C4CC(c5ccc(F)cc5)NN4C=CN23)cc1Cl. The Morgan fingerprint density at radius 2 is 2.12 bits per heavy atom. The largest absolute Gasteiger partial charge is 0.495 e. The number of hydrazone groups is 1. The molecule has 0 aliphatic carbocycles. The van der Waals surface area contributed by atoms with E-state index in [1.165, 1.54) is 23.9 Å². The highest BCUT2D eigenvalue weighted by Crippen LogP contribution is 2.35. The van der Waals surface area contributed by atoms with E-state index in [1.807, 2.05) is 17.3 Å². The van der Waals surface area contributed by atoms with Gasteiger partial charge >= 0.3 is 0 Å². The van der Waals surface area contributed by atoms with Crippen LogP contribution in [0.15, 0.2) is 60.0 Å². The number of fused-ring (bicyclic) bond motifs is 3. The molecule has 2 aromatic carbocycles. The smallest absolute Gasteiger partial charge is 0.234 e. The van der Waals surface area contributed by atoms with Crippen molar-refractivity contribution in [3.8, 4) is 5.75 Å². The van der Waals surface area contributed by atoms with E-state index in [0.29, 0.717) is 16.5 Å². The quantitative estimate of drug-likeness (QED) is 0.594. The number of rotatable bonds is 5. The van der Waals surface area contributed by atoms with Gasteiger partial charge in [-0.2, -0.15) is 5.10 Å². The lowest BCUT2D eigenvalue weighted by Gasteiger charge is -2.36. The average Bonchev–Trinajstić information content (AvgIpc) is 3.42. The molecule has 3 aliphatic heterocycles. The molecule has 2 aromatic rings. The number of amidine groups is 1. The first-order valence-electron chi connectivity index (χ1n) is 10.4. The number of carbonyl (C=O) groups excluding carboxylic acids is 1. The Bertz CT molecular complexity index is 1110. The number of methoxy groups -OCH3 is 1. The first-order valence-corrected chi connectivity index (χ1v) is 11.7. The molecule has 172 valence electrons. The summed E-state index contributed by atoms with van der Waals surface area (Å²) in [5, 5.41) is 10.5. The standard InChI is InChI=1S/C22H22ClFN6O2S/c1-32-19-7-6-15(10-16(19)23)25-20(31)12-33-22-27-26-21-18-11-17(13-2-4-14(24)5-3-13)28-30(18)9-8-29(21)22/h2-10,17-18,21,26,28H,11-12H2,1H3,(H,25,31). The Morgan fingerprint density at radius 3 is 2.88 bits per heavy atom. The Morgan fingerprint density at radius 1 is 1.30 bits per heavy atom. The monoisotopic (exact) mass is 488 g/mol. The molecule has 1 saturated heterocycles. The number of carbonyl (C=O) groups is 1. The van der Waals surface area contributed by atoms with Gasteiger partial charge in [0.1, 0.15) is 17.7 Å². The summed E-state index contributed by atoms with van der Waals surface area (Å²) < 4.78 is 18.4. The first kappa shape index (κ1) is 21.9. The van der Waals surface area contributed by atoms with Gasteiger partial charge in [0.2, 0.25) is 5.91 Å². The van der Waals surface area contributed by atoms with Crippen molar-refractivity contribution in [2.24, 2.45) is 5.10 Å². The highest BCUT2D eigenvalue weighted by molar-refractivity contribution is 8.14. The Kier molecular flexibility index (Phi) is 6.05. The van der Waals surface area contributed by atoms with Gasteiger partial charge in [-0.05, 0) is 42.3 Å². The normalized spacial score (nSPS) is 23.0. The van der Waals surface area contributed by atoms with Crippen molar-refractivity contribution in [1.29, 1.82) is 0 Å². The Labute approximate surface area is 199 Å². The second kappa shape index (κ2) is 9.12. The van der Waals surface area contributed by atoms with Crippen LogP contribution in [0.3, 0.4) is 0 Å². The van der Waals surface area contributed by atoms with Gasteiger partial charge in [-0.3, -0.25) is 10.2 Å². The number of anilines is 1. The van der Waals surface area contributed by atoms with Gasteiger partial charge in [0.15, 0.2) is 5.17 Å². The van der Waals surface area contributed by atoms with E-state index >= 15 is 0 Å². The molecule has 8 nitrogen and oxygen atoms in total. The molecule has 3 N–H and O–H groups in total. The highest BCUT2D eigenvalue weighted by Gasteiger charge is 2.44. The lowest BCUT2D eigenvalue weighted by Crippen LogP contribution is -2.54. The molecular formula is C22H22ClFN6O2S. The number of thioether (sulfide) groups is 1. The van der Waals surface area contributed by atoms with Crippen LogP contribution in [-0.2, 0) is 4.79 Å². The van der Waals surface area contributed by atoms with Gasteiger partial charge in [0, 0.05) is 18.1 Å². The molecule has 33 heavy (non-hydrogen) atoms. The zero-order valence-electron chi connectivity index (χ0n) is 17.7. The average molecular weight is 489 g/mol. The summed E-state index contributed by atoms with van der Waals surface area (Å²) in [5.41, 5.74) is 8.30. The lowest BCUT2D eigenvalue weighted by atomic mass is 10.00. The fraction of sp³-hybridized carbons (Fsp3) is 0.273. The third-order valence-corrected chi connectivity index (χ3v) is 7.01. The van der Waals surface area contributed by atoms with Crippen molar-refractivity contribution in [3.05, 3.63) is 71.3 Å². The molecule has 5 rings (SSSR count). The summed E-state index contributed by atoms with van der Waals surface area (Å²) in [5.74, 6) is 0.350. The molecule has 11 heteroatoms. The molecular weight excluding hydrogens is 467 g/mol. The van der Waals surface area contributed by atoms with Crippen molar-refractivity contribution in [1.82, 2.24) is 20.8 Å². The van der Waals surface area contributed by atoms with Crippen LogP contribution in [0.1, 0.15) is 18.0 Å². The fourth-order valence-electron chi connectivity index (χ4n) is 4.13. The first-order chi connectivity index (χ1) is 16.0. The molecule has 0 spiro atoms. The summed E-state index contributed by atoms with van der Waals surface area (Å²) in [7, 11) is 1.54. The lowest BCUT2D eigenvalue weighted by molar-refractivity contribution is -0.113. The van der Waals surface area contributed by atoms with Gasteiger partial charge in [-0.15, -0.1) is 0 Å². The molecule has 0 aromatic heterocycles. The van der Waals surface area contributed by atoms with Crippen molar-refractivity contribution in [2.75, 3.05) is 18.2 Å². The number of benzene rings is 2. The summed E-state index contributed by atoms with van der Waals surface area (Å²) in [6.07, 6.45) is 4.68. The van der Waals surface area contributed by atoms with Crippen LogP contribution >= 0.6 is 23.4 Å². The summed E-state index contributed by atoms with van der Waals surface area (Å²) in [6, 6.07) is 11.9. The van der Waals surface area contributed by atoms with Gasteiger partial charge in [0.05, 0.1) is 30.0 Å². The molecule has 0 radical (unpaired) electrons. The minimum absolute atomic E-state index is 0.0566. The van der Waals surface area contributed by atoms with Gasteiger partial charge in [-0.25, -0.2) is 9.82 Å². The second-order valence-corrected chi connectivity index (χ2v) is 9.15. The van der Waals surface area contributed by atoms with Crippen molar-refractivity contribution in [3.63, 3.8) is 0 Å². The summed E-state index contributed by atoms with van der Waals surface area (Å²) in [6.45, 7) is 0. The topological polar surface area (TPSA) is 81.2 Å². The minimum Gasteiger partial charge on any atom is -0.495 e. The zero-order chi connectivity index (χ0) is 22.9. The van der Waals surface area contributed by atoms with Gasteiger partial charge < -0.3 is 20.0 Å². The summed E-state index contributed by atoms with van der Waals surface area (Å²) >= 11 is 7.48. The Hall–Kier alpha value is -2.95. The molecule has 3 atom stereocenters. The molecule has 3 unspecified atom stereocenters. The van der Waals surface area contributed by atoms with E-state index in [0.717, 1.165) is 17.2 Å². The van der Waals surface area contributed by atoms with E-state index in [9.17, 15) is 9.18 Å². The van der Waals surface area contributed by atoms with Gasteiger partial charge in [0.25, 0.3) is 0 Å². The van der Waals surface area contributed by atoms with Crippen LogP contribution < -0.4 is 20.9 Å². The van der Waals surface area contributed by atoms with Crippen LogP contribution in [0.25, 0.3) is 0 Å². The number of hydrazine groups is 1. The van der Waals surface area contributed by atoms with Crippen LogP contribution in [0, 0.1) is 5.82 Å². The summed E-state index contributed by atoms with van der Waals surface area (Å²) in [4.78, 5) is 14.5. The molecule has 3 heterocycles. The maximum absolute atomic E-state index is 13.3. The maximum Gasteiger partial charge on any atom is 0.234 e. The molecule has 3 aliphatic rings. The van der Waals surface area contributed by atoms with E-state index in [1.54, 1.807) is 37.4 Å². The van der Waals surface area contributed by atoms with Crippen molar-refractivity contribution >= 4 is 40.1 Å². The van der Waals surface area contributed by atoms with E-state index in [-0.39, 0.29) is 35.7 Å². The minimum atomic E-state index is -0.243. The van der Waals surface area contributed by atoms with Crippen molar-refractivity contribution in [2.45, 2.75) is 24.7 Å². The molecule has 0 bridgehead atoms. The van der Waals surface area contributed by atoms with Crippen LogP contribution in [0.4, 0.5) is 10.1 Å². The number of amides is 1. The zero-order valence-corrected chi connectivity index (χ0v) is 19.2. The van der Waals surface area contributed by atoms with Crippen LogP contribution in [-0.4, -0.2) is 46.1 Å². The number of nitrogens with zero attached hydrogens (tertiary/aromatic N) is 3. The maximum atomic E-state index is 13.3. The van der Waals surface area contributed by atoms with Gasteiger partial charge in [-0.1, -0.05) is 35.5 Å². The predicted octanol–water partition coefficient (Wildman–Crippen LogP) is 3.47. The van der Waals surface area contributed by atoms with Crippen LogP contribution in [0.5, 0.6) is 5.75 Å². The highest BCUT2D eigenvalue weighted by atomic mass is 35.5. The second-order valence-electron chi connectivity index (χ2n) is 7.80. The number of hydrogen-bond donors (Lipinski definition) is 3. The van der Waals surface area contributed by atoms with E-state index < -0.39 is 0 Å². The predicted molar refractivity (Wildman–Crippen MR) is 127 cm³/mol. The molecule has 1 amide bonds. The number of nitrogens with one attached hydrogen (secondary N) is 3. The van der Waals surface area contributed by atoms with E-state index in [2.05, 4.69) is 26.3 Å². The number of ether oxygens (including phenoxy) is 1. The van der Waals surface area contributed by atoms with Crippen molar-refractivity contribution < 1.29 is 13.9 Å². The number of halogens is 2. The molecule has 1 fully saturated rings. The van der Waals surface area contributed by atoms with Crippen LogP contribution in [0.2, 0.25) is 5.02 Å².